The Kier molecular flexibility index (Phi) is 1.75. The van der Waals surface area contributed by atoms with E-state index in [2.05, 4.69) is 19.1 Å². The smallest absolute Gasteiger partial charge is 0.0998 e. The number of nitriles is 1. The van der Waals surface area contributed by atoms with Crippen LogP contribution in [0.2, 0.25) is 0 Å². The second kappa shape index (κ2) is 2.91. The molecule has 0 bridgehead atoms. The highest BCUT2D eigenvalue weighted by Crippen LogP contribution is 2.19. The molecule has 2 rings (SSSR count). The highest BCUT2D eigenvalue weighted by Gasteiger charge is 1.98. The van der Waals surface area contributed by atoms with Crippen LogP contribution in [-0.2, 0) is 0 Å². The maximum atomic E-state index is 8.85. The molecule has 0 aliphatic heterocycles. The Bertz CT molecular complexity index is 492. The molecule has 1 nitrogen and oxygen atoms in total. The van der Waals surface area contributed by atoms with Gasteiger partial charge in [-0.15, -0.1) is 0 Å². The summed E-state index contributed by atoms with van der Waals surface area (Å²) in [4.78, 5) is 0. The van der Waals surface area contributed by atoms with Crippen molar-refractivity contribution in [1.82, 2.24) is 0 Å². The fourth-order valence-corrected chi connectivity index (χ4v) is 1.50. The Hall–Kier alpha value is -1.81. The van der Waals surface area contributed by atoms with E-state index in [1.165, 1.54) is 5.56 Å². The van der Waals surface area contributed by atoms with Gasteiger partial charge in [0.1, 0.15) is 0 Å². The van der Waals surface area contributed by atoms with E-state index < -0.39 is 0 Å². The molecule has 0 N–H and O–H groups in total. The molecule has 0 aromatic heterocycles. The Labute approximate surface area is 77.2 Å². The van der Waals surface area contributed by atoms with Gasteiger partial charge >= 0.3 is 0 Å². The third-order valence-electron chi connectivity index (χ3n) is 2.16. The zero-order valence-electron chi connectivity index (χ0n) is 7.41. The fraction of sp³-hybridized carbons (Fsp3) is 0.0833. The third kappa shape index (κ3) is 1.27. The topological polar surface area (TPSA) is 23.8 Å². The van der Waals surface area contributed by atoms with Gasteiger partial charge in [-0.25, -0.2) is 0 Å². The molecule has 0 aliphatic rings. The van der Waals surface area contributed by atoms with Crippen molar-refractivity contribution in [3.8, 4) is 6.07 Å². The summed E-state index contributed by atoms with van der Waals surface area (Å²) >= 11 is 0. The van der Waals surface area contributed by atoms with Crippen LogP contribution in [0, 0.1) is 18.3 Å². The van der Waals surface area contributed by atoms with Crippen LogP contribution < -0.4 is 0 Å². The molecule has 62 valence electrons. The molecule has 13 heavy (non-hydrogen) atoms. The lowest BCUT2D eigenvalue weighted by atomic mass is 10.0. The van der Waals surface area contributed by atoms with Crippen molar-refractivity contribution < 1.29 is 0 Å². The molecule has 0 spiro atoms. The van der Waals surface area contributed by atoms with Gasteiger partial charge in [0, 0.05) is 0 Å². The van der Waals surface area contributed by atoms with Gasteiger partial charge in [0.05, 0.1) is 11.6 Å². The van der Waals surface area contributed by atoms with Crippen molar-refractivity contribution in [3.05, 3.63) is 47.5 Å². The van der Waals surface area contributed by atoms with Gasteiger partial charge in [0.15, 0.2) is 0 Å². The van der Waals surface area contributed by atoms with Crippen LogP contribution in [0.15, 0.2) is 36.4 Å². The molecule has 0 radical (unpaired) electrons. The largest absolute Gasteiger partial charge is 0.192 e. The SMILES string of the molecule is Cc1ccc2c(C#N)cccc2c1. The minimum Gasteiger partial charge on any atom is -0.192 e. The summed E-state index contributed by atoms with van der Waals surface area (Å²) in [5.74, 6) is 0. The number of benzene rings is 2. The first-order valence-corrected chi connectivity index (χ1v) is 4.21. The first-order chi connectivity index (χ1) is 6.31. The van der Waals surface area contributed by atoms with Crippen molar-refractivity contribution in [2.45, 2.75) is 6.92 Å². The summed E-state index contributed by atoms with van der Waals surface area (Å²) in [5.41, 5.74) is 1.97. The van der Waals surface area contributed by atoms with Gasteiger partial charge in [-0.2, -0.15) is 5.26 Å². The molecule has 0 saturated carbocycles. The molecular weight excluding hydrogens is 158 g/mol. The molecule has 0 saturated heterocycles. The van der Waals surface area contributed by atoms with Crippen molar-refractivity contribution in [3.63, 3.8) is 0 Å². The van der Waals surface area contributed by atoms with Crippen LogP contribution in [0.3, 0.4) is 0 Å². The fourth-order valence-electron chi connectivity index (χ4n) is 1.50. The van der Waals surface area contributed by atoms with Gasteiger partial charge in [-0.3, -0.25) is 0 Å². The Balaban J connectivity index is 2.87. The van der Waals surface area contributed by atoms with Crippen LogP contribution in [0.5, 0.6) is 0 Å². The van der Waals surface area contributed by atoms with Crippen molar-refractivity contribution in [1.29, 1.82) is 5.26 Å². The van der Waals surface area contributed by atoms with E-state index in [-0.39, 0.29) is 0 Å². The average Bonchev–Trinajstić information content (AvgIpc) is 2.16. The molecule has 0 atom stereocenters. The van der Waals surface area contributed by atoms with Crippen LogP contribution in [-0.4, -0.2) is 0 Å². The van der Waals surface area contributed by atoms with E-state index in [0.29, 0.717) is 0 Å². The van der Waals surface area contributed by atoms with Crippen molar-refractivity contribution >= 4 is 10.8 Å². The van der Waals surface area contributed by atoms with E-state index in [0.717, 1.165) is 16.3 Å². The first kappa shape index (κ1) is 7.82. The molecule has 0 unspecified atom stereocenters. The Morgan fingerprint density at radius 1 is 1.15 bits per heavy atom. The van der Waals surface area contributed by atoms with Crippen LogP contribution in [0.25, 0.3) is 10.8 Å². The lowest BCUT2D eigenvalue weighted by molar-refractivity contribution is 1.48. The molecule has 0 heterocycles. The normalized spacial score (nSPS) is 9.85. The van der Waals surface area contributed by atoms with E-state index in [1.54, 1.807) is 0 Å². The van der Waals surface area contributed by atoms with Gasteiger partial charge in [-0.05, 0) is 23.8 Å². The summed E-state index contributed by atoms with van der Waals surface area (Å²) in [5, 5.41) is 11.0. The second-order valence-corrected chi connectivity index (χ2v) is 3.14. The van der Waals surface area contributed by atoms with Crippen LogP contribution in [0.4, 0.5) is 0 Å². The number of fused-ring (bicyclic) bond motifs is 1. The minimum absolute atomic E-state index is 0.748. The highest BCUT2D eigenvalue weighted by atomic mass is 14.2. The molecule has 1 heteroatoms. The van der Waals surface area contributed by atoms with E-state index in [4.69, 9.17) is 5.26 Å². The monoisotopic (exact) mass is 167 g/mol. The third-order valence-corrected chi connectivity index (χ3v) is 2.16. The quantitative estimate of drug-likeness (QED) is 0.591. The number of rotatable bonds is 0. The van der Waals surface area contributed by atoms with E-state index >= 15 is 0 Å². The number of hydrogen-bond donors (Lipinski definition) is 0. The summed E-state index contributed by atoms with van der Waals surface area (Å²) in [6.07, 6.45) is 0. The Morgan fingerprint density at radius 2 is 2.00 bits per heavy atom. The lowest BCUT2D eigenvalue weighted by Crippen LogP contribution is -1.79. The zero-order chi connectivity index (χ0) is 9.26. The maximum absolute atomic E-state index is 8.85. The van der Waals surface area contributed by atoms with Crippen molar-refractivity contribution in [2.75, 3.05) is 0 Å². The predicted octanol–water partition coefficient (Wildman–Crippen LogP) is 3.02. The van der Waals surface area contributed by atoms with Gasteiger partial charge in [0.25, 0.3) is 0 Å². The van der Waals surface area contributed by atoms with Gasteiger partial charge < -0.3 is 0 Å². The summed E-state index contributed by atoms with van der Waals surface area (Å²) in [6, 6.07) is 14.1. The zero-order valence-corrected chi connectivity index (χ0v) is 7.41. The molecule has 0 amide bonds. The van der Waals surface area contributed by atoms with E-state index in [9.17, 15) is 0 Å². The molecular formula is C12H9N. The second-order valence-electron chi connectivity index (χ2n) is 3.14. The number of nitrogens with zero attached hydrogens (tertiary/aromatic N) is 1. The molecule has 0 fully saturated rings. The standard InChI is InChI=1S/C12H9N/c1-9-5-6-12-10(7-9)3-2-4-11(12)8-13/h2-7H,1H3. The van der Waals surface area contributed by atoms with Crippen LogP contribution in [0.1, 0.15) is 11.1 Å². The molecule has 2 aromatic rings. The minimum atomic E-state index is 0.748. The lowest BCUT2D eigenvalue weighted by Gasteiger charge is -2.00. The molecule has 2 aromatic carbocycles. The van der Waals surface area contributed by atoms with Crippen molar-refractivity contribution in [2.24, 2.45) is 0 Å². The number of aryl methyl sites for hydroxylation is 1. The predicted molar refractivity (Wildman–Crippen MR) is 53.4 cm³/mol. The first-order valence-electron chi connectivity index (χ1n) is 4.21. The number of hydrogen-bond acceptors (Lipinski definition) is 1. The van der Waals surface area contributed by atoms with Gasteiger partial charge in [0.2, 0.25) is 0 Å². The molecule has 0 aliphatic carbocycles. The summed E-state index contributed by atoms with van der Waals surface area (Å²) in [6.45, 7) is 2.05. The van der Waals surface area contributed by atoms with E-state index in [1.807, 2.05) is 30.3 Å². The highest BCUT2D eigenvalue weighted by molar-refractivity contribution is 5.88. The average molecular weight is 167 g/mol. The summed E-state index contributed by atoms with van der Waals surface area (Å²) in [7, 11) is 0. The van der Waals surface area contributed by atoms with Crippen LogP contribution >= 0.6 is 0 Å². The summed E-state index contributed by atoms with van der Waals surface area (Å²) < 4.78 is 0. The Morgan fingerprint density at radius 3 is 2.77 bits per heavy atom. The van der Waals surface area contributed by atoms with Gasteiger partial charge in [-0.1, -0.05) is 35.9 Å². The maximum Gasteiger partial charge on any atom is 0.0998 e.